The van der Waals surface area contributed by atoms with Crippen LogP contribution in [0, 0.1) is 0 Å². The summed E-state index contributed by atoms with van der Waals surface area (Å²) in [6, 6.07) is 15.1. The second kappa shape index (κ2) is 3.39. The molecule has 1 aliphatic carbocycles. The van der Waals surface area contributed by atoms with Crippen LogP contribution in [0.2, 0.25) is 0 Å². The van der Waals surface area contributed by atoms with Gasteiger partial charge in [0.05, 0.1) is 0 Å². The molecule has 0 heteroatoms. The molecule has 0 N–H and O–H groups in total. The number of rotatable bonds is 1. The molecule has 2 aromatic rings. The first kappa shape index (κ1) is 8.49. The standard InChI is InChI=1S/C15H12/c1-2-7-12(6-1)15-11-5-9-13-8-3-4-10-14(13)15/h1-12H. The maximum absolute atomic E-state index is 2.24. The number of hydrogen-bond acceptors (Lipinski definition) is 0. The average molecular weight is 192 g/mol. The number of benzene rings is 2. The Hall–Kier alpha value is -1.82. The highest BCUT2D eigenvalue weighted by molar-refractivity contribution is 5.86. The fourth-order valence-electron chi connectivity index (χ4n) is 2.18. The molecule has 0 bridgehead atoms. The number of fused-ring (bicyclic) bond motifs is 1. The van der Waals surface area contributed by atoms with E-state index in [1.807, 2.05) is 0 Å². The summed E-state index contributed by atoms with van der Waals surface area (Å²) in [6.07, 6.45) is 8.71. The molecular weight excluding hydrogens is 180 g/mol. The van der Waals surface area contributed by atoms with Gasteiger partial charge in [-0.1, -0.05) is 66.8 Å². The van der Waals surface area contributed by atoms with E-state index in [4.69, 9.17) is 0 Å². The van der Waals surface area contributed by atoms with E-state index in [-0.39, 0.29) is 0 Å². The molecule has 0 unspecified atom stereocenters. The quantitative estimate of drug-likeness (QED) is 0.639. The van der Waals surface area contributed by atoms with Crippen LogP contribution in [-0.4, -0.2) is 0 Å². The van der Waals surface area contributed by atoms with Gasteiger partial charge in [-0.05, 0) is 16.3 Å². The van der Waals surface area contributed by atoms with Gasteiger partial charge < -0.3 is 0 Å². The molecule has 2 aromatic carbocycles. The van der Waals surface area contributed by atoms with Gasteiger partial charge in [0.25, 0.3) is 0 Å². The van der Waals surface area contributed by atoms with Crippen molar-refractivity contribution >= 4 is 10.8 Å². The van der Waals surface area contributed by atoms with Gasteiger partial charge in [0, 0.05) is 5.92 Å². The van der Waals surface area contributed by atoms with Crippen LogP contribution in [0.5, 0.6) is 0 Å². The second-order valence-electron chi connectivity index (χ2n) is 3.86. The smallest absolute Gasteiger partial charge is 0.0211 e. The Morgan fingerprint density at radius 1 is 0.733 bits per heavy atom. The molecule has 1 aliphatic rings. The third-order valence-electron chi connectivity index (χ3n) is 2.93. The van der Waals surface area contributed by atoms with Crippen LogP contribution in [0.25, 0.3) is 10.8 Å². The summed E-state index contributed by atoms with van der Waals surface area (Å²) in [6.45, 7) is 0. The highest BCUT2D eigenvalue weighted by Gasteiger charge is 2.09. The van der Waals surface area contributed by atoms with Gasteiger partial charge in [-0.2, -0.15) is 0 Å². The largest absolute Gasteiger partial charge is 0.0732 e. The Labute approximate surface area is 89.6 Å². The monoisotopic (exact) mass is 192 g/mol. The molecule has 0 radical (unpaired) electrons. The Morgan fingerprint density at radius 2 is 1.47 bits per heavy atom. The van der Waals surface area contributed by atoms with Crippen molar-refractivity contribution in [3.05, 3.63) is 72.3 Å². The van der Waals surface area contributed by atoms with Crippen molar-refractivity contribution in [1.82, 2.24) is 0 Å². The SMILES string of the molecule is C1=CC(c2cccc3ccccc23)C=C1. The second-order valence-corrected chi connectivity index (χ2v) is 3.86. The maximum atomic E-state index is 2.24. The molecule has 0 aliphatic heterocycles. The molecule has 72 valence electrons. The summed E-state index contributed by atoms with van der Waals surface area (Å²) < 4.78 is 0. The normalized spacial score (nSPS) is 15.2. The lowest BCUT2D eigenvalue weighted by Gasteiger charge is -2.09. The Morgan fingerprint density at radius 3 is 2.33 bits per heavy atom. The zero-order valence-electron chi connectivity index (χ0n) is 8.43. The van der Waals surface area contributed by atoms with Crippen LogP contribution in [0.3, 0.4) is 0 Å². The summed E-state index contributed by atoms with van der Waals surface area (Å²) >= 11 is 0. The first-order valence-electron chi connectivity index (χ1n) is 5.28. The highest BCUT2D eigenvalue weighted by atomic mass is 14.1. The maximum Gasteiger partial charge on any atom is 0.0211 e. The summed E-state index contributed by atoms with van der Waals surface area (Å²) in [5.41, 5.74) is 1.40. The zero-order valence-corrected chi connectivity index (χ0v) is 8.43. The van der Waals surface area contributed by atoms with E-state index in [2.05, 4.69) is 66.8 Å². The van der Waals surface area contributed by atoms with Crippen molar-refractivity contribution in [3.8, 4) is 0 Å². The molecule has 0 saturated heterocycles. The van der Waals surface area contributed by atoms with Crippen LogP contribution in [0.4, 0.5) is 0 Å². The first-order chi connectivity index (χ1) is 7.45. The predicted molar refractivity (Wildman–Crippen MR) is 65.0 cm³/mol. The minimum absolute atomic E-state index is 0.455. The van der Waals surface area contributed by atoms with Crippen molar-refractivity contribution < 1.29 is 0 Å². The van der Waals surface area contributed by atoms with Crippen molar-refractivity contribution in [2.45, 2.75) is 5.92 Å². The lowest BCUT2D eigenvalue weighted by atomic mass is 9.95. The van der Waals surface area contributed by atoms with E-state index < -0.39 is 0 Å². The van der Waals surface area contributed by atoms with Gasteiger partial charge in [-0.3, -0.25) is 0 Å². The average Bonchev–Trinajstić information content (AvgIpc) is 2.82. The topological polar surface area (TPSA) is 0 Å². The van der Waals surface area contributed by atoms with E-state index in [0.717, 1.165) is 0 Å². The number of hydrogen-bond donors (Lipinski definition) is 0. The van der Waals surface area contributed by atoms with Gasteiger partial charge in [0.15, 0.2) is 0 Å². The van der Waals surface area contributed by atoms with Crippen molar-refractivity contribution in [1.29, 1.82) is 0 Å². The fourth-order valence-corrected chi connectivity index (χ4v) is 2.18. The van der Waals surface area contributed by atoms with Gasteiger partial charge in [-0.25, -0.2) is 0 Å². The van der Waals surface area contributed by atoms with Crippen LogP contribution in [-0.2, 0) is 0 Å². The summed E-state index contributed by atoms with van der Waals surface area (Å²) in [7, 11) is 0. The molecule has 0 amide bonds. The van der Waals surface area contributed by atoms with Gasteiger partial charge in [0.2, 0.25) is 0 Å². The Balaban J connectivity index is 2.26. The molecule has 0 spiro atoms. The van der Waals surface area contributed by atoms with Crippen LogP contribution < -0.4 is 0 Å². The summed E-state index contributed by atoms with van der Waals surface area (Å²) in [4.78, 5) is 0. The van der Waals surface area contributed by atoms with Crippen molar-refractivity contribution in [2.75, 3.05) is 0 Å². The molecule has 15 heavy (non-hydrogen) atoms. The summed E-state index contributed by atoms with van der Waals surface area (Å²) in [5.74, 6) is 0.455. The van der Waals surface area contributed by atoms with E-state index in [9.17, 15) is 0 Å². The minimum atomic E-state index is 0.455. The lowest BCUT2D eigenvalue weighted by molar-refractivity contribution is 1.12. The van der Waals surface area contributed by atoms with Gasteiger partial charge in [-0.15, -0.1) is 0 Å². The Bertz CT molecular complexity index is 529. The fraction of sp³-hybridized carbons (Fsp3) is 0.0667. The van der Waals surface area contributed by atoms with E-state index >= 15 is 0 Å². The predicted octanol–water partition coefficient (Wildman–Crippen LogP) is 4.05. The Kier molecular flexibility index (Phi) is 1.92. The minimum Gasteiger partial charge on any atom is -0.0732 e. The van der Waals surface area contributed by atoms with Crippen LogP contribution in [0.1, 0.15) is 11.5 Å². The molecule has 0 atom stereocenters. The molecule has 0 aromatic heterocycles. The van der Waals surface area contributed by atoms with Gasteiger partial charge >= 0.3 is 0 Å². The van der Waals surface area contributed by atoms with E-state index in [0.29, 0.717) is 5.92 Å². The molecule has 0 nitrogen and oxygen atoms in total. The van der Waals surface area contributed by atoms with Crippen molar-refractivity contribution in [2.24, 2.45) is 0 Å². The third-order valence-corrected chi connectivity index (χ3v) is 2.93. The van der Waals surface area contributed by atoms with E-state index in [1.54, 1.807) is 0 Å². The molecule has 0 heterocycles. The van der Waals surface area contributed by atoms with Gasteiger partial charge in [0.1, 0.15) is 0 Å². The molecule has 0 fully saturated rings. The molecule has 3 rings (SSSR count). The lowest BCUT2D eigenvalue weighted by Crippen LogP contribution is -1.90. The van der Waals surface area contributed by atoms with Crippen LogP contribution in [0.15, 0.2) is 66.8 Å². The third kappa shape index (κ3) is 1.39. The molecular formula is C15H12. The van der Waals surface area contributed by atoms with E-state index in [1.165, 1.54) is 16.3 Å². The highest BCUT2D eigenvalue weighted by Crippen LogP contribution is 2.29. The first-order valence-corrected chi connectivity index (χ1v) is 5.28. The van der Waals surface area contributed by atoms with Crippen molar-refractivity contribution in [3.63, 3.8) is 0 Å². The molecule has 0 saturated carbocycles. The zero-order chi connectivity index (χ0) is 10.1. The van der Waals surface area contributed by atoms with Crippen LogP contribution >= 0.6 is 0 Å². The summed E-state index contributed by atoms with van der Waals surface area (Å²) in [5, 5.41) is 2.69. The number of allylic oxidation sites excluding steroid dienone is 4.